The van der Waals surface area contributed by atoms with Crippen molar-refractivity contribution < 1.29 is 141 Å². The zero-order chi connectivity index (χ0) is 10.6. The average molecular weight is 314 g/mol. The van der Waals surface area contributed by atoms with Gasteiger partial charge in [-0.2, -0.15) is 0 Å². The molecule has 82 valence electrons. The van der Waals surface area contributed by atoms with E-state index in [1.54, 1.807) is 0 Å². The first-order chi connectivity index (χ1) is 5.78. The molecule has 0 atom stereocenters. The van der Waals surface area contributed by atoms with Gasteiger partial charge in [0.05, 0.1) is 5.97 Å². The van der Waals surface area contributed by atoms with Crippen molar-refractivity contribution in [2.45, 2.75) is 18.4 Å². The number of carbonyl (C=O) groups is 3. The van der Waals surface area contributed by atoms with Gasteiger partial charge in [0.1, 0.15) is 5.60 Å². The van der Waals surface area contributed by atoms with Crippen LogP contribution in [0.15, 0.2) is 0 Å². The summed E-state index contributed by atoms with van der Waals surface area (Å²) in [6, 6.07) is 0. The minimum Gasteiger partial charge on any atom is -0.550 e. The summed E-state index contributed by atoms with van der Waals surface area (Å²) in [5.74, 6) is -5.98. The summed E-state index contributed by atoms with van der Waals surface area (Å²) in [6.07, 6.45) is -2.72. The van der Waals surface area contributed by atoms with E-state index in [0.29, 0.717) is 0 Å². The Morgan fingerprint density at radius 1 is 0.882 bits per heavy atom. The molecule has 11 heteroatoms. The number of hydrogen-bond acceptors (Lipinski definition) is 7. The van der Waals surface area contributed by atoms with Crippen LogP contribution in [-0.2, 0) is 31.5 Å². The second kappa shape index (κ2) is 14.3. The topological polar surface area (TPSA) is 141 Å². The van der Waals surface area contributed by atoms with Crippen LogP contribution in [0.2, 0.25) is 0 Å². The Balaban J connectivity index is -0.000000120. The van der Waals surface area contributed by atoms with E-state index in [-0.39, 0.29) is 106 Å². The van der Waals surface area contributed by atoms with E-state index < -0.39 is 36.4 Å². The third kappa shape index (κ3) is 14.1. The quantitative estimate of drug-likeness (QED) is 0.497. The fourth-order valence-electron chi connectivity index (χ4n) is 0.684. The molecule has 0 aliphatic rings. The minimum atomic E-state index is -2.97. The molecule has 0 heterocycles. The van der Waals surface area contributed by atoms with Gasteiger partial charge in [-0.15, -0.1) is 0 Å². The van der Waals surface area contributed by atoms with Gasteiger partial charge in [-0.3, -0.25) is 0 Å². The van der Waals surface area contributed by atoms with Crippen LogP contribution < -0.4 is 104 Å². The van der Waals surface area contributed by atoms with E-state index in [1.807, 2.05) is 0 Å². The molecule has 1 N–H and O–H groups in total. The standard InChI is InChI=1S/C6H8O7.Fe.3Na/c7-3(8)1-6(13,5(11)12)2-4(9)10;;;;/h13H,1-2H2,(H,7,8)(H,9,10)(H,11,12);;;;/q;;3*+1/p-3. The van der Waals surface area contributed by atoms with Crippen LogP contribution in [0.1, 0.15) is 12.8 Å². The van der Waals surface area contributed by atoms with Gasteiger partial charge in [-0.05, 0) is 0 Å². The van der Waals surface area contributed by atoms with Gasteiger partial charge in [-0.25, -0.2) is 0 Å². The maximum atomic E-state index is 10.1. The van der Waals surface area contributed by atoms with Crippen LogP contribution >= 0.6 is 0 Å². The van der Waals surface area contributed by atoms with E-state index in [9.17, 15) is 29.7 Å². The Hall–Kier alpha value is 1.89. The third-order valence-corrected chi connectivity index (χ3v) is 1.25. The zero-order valence-electron chi connectivity index (χ0n) is 9.66. The van der Waals surface area contributed by atoms with Gasteiger partial charge in [0.15, 0.2) is 0 Å². The molecule has 7 nitrogen and oxygen atoms in total. The van der Waals surface area contributed by atoms with Crippen molar-refractivity contribution in [1.82, 2.24) is 0 Å². The normalized spacial score (nSPS) is 8.29. The Kier molecular flexibility index (Phi) is 26.4. The van der Waals surface area contributed by atoms with Gasteiger partial charge in [0.2, 0.25) is 0 Å². The zero-order valence-corrected chi connectivity index (χ0v) is 16.8. The summed E-state index contributed by atoms with van der Waals surface area (Å²) in [5.41, 5.74) is -2.97. The van der Waals surface area contributed by atoms with Crippen molar-refractivity contribution in [3.05, 3.63) is 0 Å². The first-order valence-electron chi connectivity index (χ1n) is 3.11. The molecule has 17 heavy (non-hydrogen) atoms. The van der Waals surface area contributed by atoms with Crippen LogP contribution in [0.5, 0.6) is 0 Å². The number of aliphatic carboxylic acids is 3. The molecular formula is C6H5FeNa3O7. The molecular weight excluding hydrogens is 309 g/mol. The van der Waals surface area contributed by atoms with Gasteiger partial charge in [0, 0.05) is 41.8 Å². The molecule has 0 bridgehead atoms. The number of rotatable bonds is 5. The molecule has 0 aromatic carbocycles. The molecule has 0 aliphatic carbocycles. The molecule has 0 spiro atoms. The first kappa shape index (κ1) is 31.3. The average Bonchev–Trinajstić information content (AvgIpc) is 1.82. The van der Waals surface area contributed by atoms with E-state index in [4.69, 9.17) is 5.11 Å². The Morgan fingerprint density at radius 3 is 1.24 bits per heavy atom. The van der Waals surface area contributed by atoms with E-state index in [0.717, 1.165) is 0 Å². The second-order valence-corrected chi connectivity index (χ2v) is 2.42. The van der Waals surface area contributed by atoms with Crippen molar-refractivity contribution in [2.24, 2.45) is 0 Å². The van der Waals surface area contributed by atoms with Gasteiger partial charge >= 0.3 is 88.7 Å². The van der Waals surface area contributed by atoms with Crippen molar-refractivity contribution in [1.29, 1.82) is 0 Å². The molecule has 0 unspecified atom stereocenters. The molecule has 0 rings (SSSR count). The molecule has 0 amide bonds. The summed E-state index contributed by atoms with van der Waals surface area (Å²) < 4.78 is 0. The van der Waals surface area contributed by atoms with Crippen LogP contribution in [-0.4, -0.2) is 28.6 Å². The van der Waals surface area contributed by atoms with Gasteiger partial charge in [-0.1, -0.05) is 0 Å². The summed E-state index contributed by atoms with van der Waals surface area (Å²) in [5, 5.41) is 38.9. The summed E-state index contributed by atoms with van der Waals surface area (Å²) in [4.78, 5) is 30.0. The number of hydrogen-bond donors (Lipinski definition) is 1. The number of carbonyl (C=O) groups excluding carboxylic acids is 3. The first-order valence-corrected chi connectivity index (χ1v) is 3.11. The Morgan fingerprint density at radius 2 is 1.12 bits per heavy atom. The maximum Gasteiger partial charge on any atom is 1.00 e. The molecule has 0 saturated carbocycles. The molecule has 0 aromatic rings. The van der Waals surface area contributed by atoms with Crippen LogP contribution in [0.25, 0.3) is 0 Å². The van der Waals surface area contributed by atoms with Crippen molar-refractivity contribution in [3.63, 3.8) is 0 Å². The fraction of sp³-hybridized carbons (Fsp3) is 0.500. The van der Waals surface area contributed by atoms with Crippen LogP contribution in [0, 0.1) is 0 Å². The van der Waals surface area contributed by atoms with E-state index in [2.05, 4.69) is 0 Å². The summed E-state index contributed by atoms with van der Waals surface area (Å²) in [6.45, 7) is 0. The fourth-order valence-corrected chi connectivity index (χ4v) is 0.684. The van der Waals surface area contributed by atoms with Crippen molar-refractivity contribution in [2.75, 3.05) is 0 Å². The molecule has 0 radical (unpaired) electrons. The molecule has 0 aliphatic heterocycles. The Bertz CT molecular complexity index is 244. The number of aliphatic hydroxyl groups is 1. The number of carboxylic acids is 3. The monoisotopic (exact) mass is 314 g/mol. The van der Waals surface area contributed by atoms with Gasteiger partial charge in [0.25, 0.3) is 0 Å². The SMILES string of the molecule is O=C([O-])CC(O)(CC(=O)[O-])C(=O)[O-].[Fe].[Na+].[Na+].[Na+]. The summed E-state index contributed by atoms with van der Waals surface area (Å²) >= 11 is 0. The van der Waals surface area contributed by atoms with Crippen LogP contribution in [0.4, 0.5) is 0 Å². The molecule has 0 saturated heterocycles. The predicted octanol–water partition coefficient (Wildman–Crippen LogP) is -14.2. The predicted molar refractivity (Wildman–Crippen MR) is 29.2 cm³/mol. The van der Waals surface area contributed by atoms with E-state index >= 15 is 0 Å². The van der Waals surface area contributed by atoms with Crippen molar-refractivity contribution in [3.8, 4) is 0 Å². The molecule has 0 fully saturated rings. The maximum absolute atomic E-state index is 10.1. The molecule has 0 aromatic heterocycles. The largest absolute Gasteiger partial charge is 1.00 e. The van der Waals surface area contributed by atoms with Crippen LogP contribution in [0.3, 0.4) is 0 Å². The minimum absolute atomic E-state index is 0. The second-order valence-electron chi connectivity index (χ2n) is 2.42. The summed E-state index contributed by atoms with van der Waals surface area (Å²) in [7, 11) is 0. The van der Waals surface area contributed by atoms with Gasteiger partial charge < -0.3 is 34.8 Å². The number of carboxylic acid groups (broad SMARTS) is 3. The smallest absolute Gasteiger partial charge is 0.550 e. The van der Waals surface area contributed by atoms with Crippen molar-refractivity contribution >= 4 is 17.9 Å². The van der Waals surface area contributed by atoms with E-state index in [1.165, 1.54) is 0 Å². The third-order valence-electron chi connectivity index (χ3n) is 1.25. The Labute approximate surface area is 174 Å².